The summed E-state index contributed by atoms with van der Waals surface area (Å²) in [5, 5.41) is 10.1. The number of carbonyl (C=O) groups is 3. The van der Waals surface area contributed by atoms with Crippen molar-refractivity contribution in [3.8, 4) is 0 Å². The van der Waals surface area contributed by atoms with Crippen LogP contribution in [0.3, 0.4) is 0 Å². The second kappa shape index (κ2) is 8.07. The van der Waals surface area contributed by atoms with Crippen molar-refractivity contribution >= 4 is 28.6 Å². The third-order valence-corrected chi connectivity index (χ3v) is 4.15. The fraction of sp³-hybridized carbons (Fsp3) is 0.316. The Labute approximate surface area is 150 Å². The number of amides is 2. The number of ether oxygens (including phenoxy) is 2. The summed E-state index contributed by atoms with van der Waals surface area (Å²) in [4.78, 5) is 36.8. The first-order valence-corrected chi connectivity index (χ1v) is 8.35. The maximum atomic E-state index is 12.7. The molecule has 0 bridgehead atoms. The minimum atomic E-state index is -0.914. The highest BCUT2D eigenvalue weighted by Gasteiger charge is 2.32. The molecule has 2 aromatic rings. The molecule has 2 amide bonds. The predicted molar refractivity (Wildman–Crippen MR) is 93.2 cm³/mol. The van der Waals surface area contributed by atoms with Gasteiger partial charge in [-0.15, -0.1) is 0 Å². The summed E-state index contributed by atoms with van der Waals surface area (Å²) in [5.41, 5.74) is 1.05. The molecule has 136 valence electrons. The Balaban J connectivity index is 1.55. The van der Waals surface area contributed by atoms with E-state index in [0.717, 1.165) is 5.39 Å². The highest BCUT2D eigenvalue weighted by atomic mass is 16.5. The Morgan fingerprint density at radius 1 is 0.885 bits per heavy atom. The Hall–Kier alpha value is -2.77. The van der Waals surface area contributed by atoms with Gasteiger partial charge in [0.2, 0.25) is 0 Å². The van der Waals surface area contributed by atoms with Crippen LogP contribution in [0, 0.1) is 0 Å². The fourth-order valence-corrected chi connectivity index (χ4v) is 2.92. The molecule has 0 aliphatic carbocycles. The van der Waals surface area contributed by atoms with E-state index in [9.17, 15) is 14.4 Å². The van der Waals surface area contributed by atoms with E-state index in [1.165, 1.54) is 4.90 Å². The molecular weight excluding hydrogens is 338 g/mol. The highest BCUT2D eigenvalue weighted by molar-refractivity contribution is 6.25. The van der Waals surface area contributed by atoms with Crippen molar-refractivity contribution in [2.45, 2.75) is 6.42 Å². The van der Waals surface area contributed by atoms with Crippen molar-refractivity contribution in [3.05, 3.63) is 47.5 Å². The normalized spacial score (nSPS) is 13.5. The molecule has 1 N–H and O–H groups in total. The molecule has 0 fully saturated rings. The highest BCUT2D eigenvalue weighted by Crippen LogP contribution is 2.29. The molecule has 0 saturated carbocycles. The smallest absolute Gasteiger partial charge is 0.305 e. The lowest BCUT2D eigenvalue weighted by Gasteiger charge is -2.27. The maximum absolute atomic E-state index is 12.7. The Morgan fingerprint density at radius 2 is 1.46 bits per heavy atom. The van der Waals surface area contributed by atoms with E-state index in [0.29, 0.717) is 16.5 Å². The van der Waals surface area contributed by atoms with E-state index >= 15 is 0 Å². The Morgan fingerprint density at radius 3 is 2.04 bits per heavy atom. The van der Waals surface area contributed by atoms with E-state index in [4.69, 9.17) is 14.6 Å². The fourth-order valence-electron chi connectivity index (χ4n) is 2.92. The van der Waals surface area contributed by atoms with Gasteiger partial charge in [0, 0.05) is 16.5 Å². The van der Waals surface area contributed by atoms with Crippen molar-refractivity contribution in [3.63, 3.8) is 0 Å². The molecule has 0 spiro atoms. The largest absolute Gasteiger partial charge is 0.481 e. The minimum Gasteiger partial charge on any atom is -0.481 e. The summed E-state index contributed by atoms with van der Waals surface area (Å²) < 4.78 is 10.5. The zero-order valence-corrected chi connectivity index (χ0v) is 14.1. The number of carbonyl (C=O) groups excluding carboxylic acids is 2. The number of hydrogen-bond donors (Lipinski definition) is 1. The lowest BCUT2D eigenvalue weighted by atomic mass is 9.94. The van der Waals surface area contributed by atoms with Gasteiger partial charge < -0.3 is 14.6 Å². The van der Waals surface area contributed by atoms with Crippen molar-refractivity contribution in [1.29, 1.82) is 0 Å². The van der Waals surface area contributed by atoms with Gasteiger partial charge in [0.1, 0.15) is 0 Å². The molecule has 0 saturated heterocycles. The molecule has 1 heterocycles. The van der Waals surface area contributed by atoms with Crippen LogP contribution in [0.25, 0.3) is 10.8 Å². The Kier molecular flexibility index (Phi) is 5.60. The zero-order valence-electron chi connectivity index (χ0n) is 14.1. The molecule has 0 unspecified atom stereocenters. The standard InChI is InChI=1S/C19H19NO6/c21-16(22)7-9-25-11-12-26-10-8-20-18(23)14-5-1-3-13-4-2-6-15(17(13)14)19(20)24/h1-6H,7-12H2,(H,21,22). The molecule has 3 rings (SSSR count). The van der Waals surface area contributed by atoms with Crippen LogP contribution < -0.4 is 0 Å². The van der Waals surface area contributed by atoms with Crippen LogP contribution >= 0.6 is 0 Å². The topological polar surface area (TPSA) is 93.1 Å². The number of benzene rings is 2. The van der Waals surface area contributed by atoms with Crippen LogP contribution in [0.5, 0.6) is 0 Å². The molecule has 2 aromatic carbocycles. The van der Waals surface area contributed by atoms with E-state index in [2.05, 4.69) is 0 Å². The molecule has 0 radical (unpaired) electrons. The van der Waals surface area contributed by atoms with Gasteiger partial charge >= 0.3 is 5.97 Å². The molecule has 26 heavy (non-hydrogen) atoms. The average Bonchev–Trinajstić information content (AvgIpc) is 2.63. The van der Waals surface area contributed by atoms with Crippen LogP contribution in [-0.2, 0) is 14.3 Å². The average molecular weight is 357 g/mol. The number of imide groups is 1. The molecule has 0 aromatic heterocycles. The van der Waals surface area contributed by atoms with Crippen LogP contribution in [0.2, 0.25) is 0 Å². The summed E-state index contributed by atoms with van der Waals surface area (Å²) in [6, 6.07) is 10.8. The number of carboxylic acid groups (broad SMARTS) is 1. The molecule has 7 nitrogen and oxygen atoms in total. The monoisotopic (exact) mass is 357 g/mol. The summed E-state index contributed by atoms with van der Waals surface area (Å²) >= 11 is 0. The molecule has 0 atom stereocenters. The van der Waals surface area contributed by atoms with Crippen molar-refractivity contribution in [1.82, 2.24) is 4.90 Å². The predicted octanol–water partition coefficient (Wildman–Crippen LogP) is 1.94. The van der Waals surface area contributed by atoms with Gasteiger partial charge in [-0.05, 0) is 17.5 Å². The maximum Gasteiger partial charge on any atom is 0.305 e. The first kappa shape index (κ1) is 18.0. The third kappa shape index (κ3) is 3.74. The van der Waals surface area contributed by atoms with Crippen LogP contribution in [0.1, 0.15) is 27.1 Å². The first-order valence-electron chi connectivity index (χ1n) is 8.35. The van der Waals surface area contributed by atoms with E-state index < -0.39 is 5.97 Å². The van der Waals surface area contributed by atoms with Gasteiger partial charge in [0.05, 0.1) is 39.4 Å². The number of rotatable bonds is 9. The molecular formula is C19H19NO6. The summed E-state index contributed by atoms with van der Waals surface area (Å²) in [7, 11) is 0. The number of hydrogen-bond acceptors (Lipinski definition) is 5. The number of aliphatic carboxylic acids is 1. The first-order chi connectivity index (χ1) is 12.6. The van der Waals surface area contributed by atoms with Crippen molar-refractivity contribution in [2.75, 3.05) is 33.0 Å². The van der Waals surface area contributed by atoms with Crippen LogP contribution in [-0.4, -0.2) is 60.8 Å². The van der Waals surface area contributed by atoms with E-state index in [1.54, 1.807) is 24.3 Å². The third-order valence-electron chi connectivity index (χ3n) is 4.15. The zero-order chi connectivity index (χ0) is 18.5. The van der Waals surface area contributed by atoms with Gasteiger partial charge in [-0.25, -0.2) is 0 Å². The van der Waals surface area contributed by atoms with Gasteiger partial charge in [0.15, 0.2) is 0 Å². The second-order valence-corrected chi connectivity index (χ2v) is 5.84. The molecule has 1 aliphatic heterocycles. The number of carboxylic acids is 1. The SMILES string of the molecule is O=C(O)CCOCCOCCN1C(=O)c2cccc3cccc(c23)C1=O. The van der Waals surface area contributed by atoms with Crippen molar-refractivity contribution < 1.29 is 29.0 Å². The Bertz CT molecular complexity index is 796. The van der Waals surface area contributed by atoms with E-state index in [1.807, 2.05) is 12.1 Å². The quantitative estimate of drug-likeness (QED) is 0.545. The number of nitrogens with zero attached hydrogens (tertiary/aromatic N) is 1. The van der Waals surface area contributed by atoms with Crippen LogP contribution in [0.4, 0.5) is 0 Å². The van der Waals surface area contributed by atoms with Gasteiger partial charge in [-0.3, -0.25) is 19.3 Å². The van der Waals surface area contributed by atoms with Gasteiger partial charge in [-0.2, -0.15) is 0 Å². The summed E-state index contributed by atoms with van der Waals surface area (Å²) in [5.74, 6) is -1.55. The van der Waals surface area contributed by atoms with Gasteiger partial charge in [0.25, 0.3) is 11.8 Å². The summed E-state index contributed by atoms with van der Waals surface area (Å²) in [6.45, 7) is 0.997. The van der Waals surface area contributed by atoms with E-state index in [-0.39, 0.29) is 51.2 Å². The van der Waals surface area contributed by atoms with Crippen LogP contribution in [0.15, 0.2) is 36.4 Å². The lowest BCUT2D eigenvalue weighted by Crippen LogP contribution is -2.42. The molecule has 7 heteroatoms. The van der Waals surface area contributed by atoms with Crippen molar-refractivity contribution in [2.24, 2.45) is 0 Å². The van der Waals surface area contributed by atoms with Gasteiger partial charge in [-0.1, -0.05) is 24.3 Å². The minimum absolute atomic E-state index is 0.0538. The molecule has 1 aliphatic rings. The lowest BCUT2D eigenvalue weighted by molar-refractivity contribution is -0.138. The second-order valence-electron chi connectivity index (χ2n) is 5.84. The summed E-state index contributed by atoms with van der Waals surface area (Å²) in [6.07, 6.45) is -0.0538.